The molecule has 17 heavy (non-hydrogen) atoms. The number of rotatable bonds is 9. The fourth-order valence-electron chi connectivity index (χ4n) is 1.50. The largest absolute Gasteiger partial charge is 0.394 e. The van der Waals surface area contributed by atoms with E-state index >= 15 is 0 Å². The van der Waals surface area contributed by atoms with Crippen LogP contribution >= 0.6 is 0 Å². The minimum atomic E-state index is 0.0625. The summed E-state index contributed by atoms with van der Waals surface area (Å²) in [6.45, 7) is 2.68. The summed E-state index contributed by atoms with van der Waals surface area (Å²) in [6, 6.07) is 0. The monoisotopic (exact) mass is 243 g/mol. The third-order valence-corrected chi connectivity index (χ3v) is 2.40. The lowest BCUT2D eigenvalue weighted by Crippen LogP contribution is -2.31. The molecule has 0 aliphatic heterocycles. The number of aromatic nitrogens is 2. The van der Waals surface area contributed by atoms with Gasteiger partial charge >= 0.3 is 0 Å². The van der Waals surface area contributed by atoms with E-state index in [4.69, 9.17) is 14.6 Å². The van der Waals surface area contributed by atoms with E-state index < -0.39 is 0 Å². The molecule has 0 aromatic carbocycles. The number of hydrogen-bond donors (Lipinski definition) is 2. The molecule has 1 heterocycles. The lowest BCUT2D eigenvalue weighted by Gasteiger charge is -2.14. The van der Waals surface area contributed by atoms with Crippen molar-refractivity contribution in [2.75, 3.05) is 34.0 Å². The topological polar surface area (TPSA) is 68.5 Å². The summed E-state index contributed by atoms with van der Waals surface area (Å²) in [5.41, 5.74) is 1.09. The Morgan fingerprint density at radius 3 is 3.00 bits per heavy atom. The highest BCUT2D eigenvalue weighted by Gasteiger charge is 2.06. The highest BCUT2D eigenvalue weighted by atomic mass is 16.5. The molecule has 0 aliphatic carbocycles. The quantitative estimate of drug-likeness (QED) is 0.619. The fraction of sp³-hybridized carbons (Fsp3) is 0.727. The molecule has 1 aromatic rings. The van der Waals surface area contributed by atoms with Gasteiger partial charge in [-0.2, -0.15) is 5.10 Å². The Balaban J connectivity index is 2.24. The average molecular weight is 243 g/mol. The van der Waals surface area contributed by atoms with Crippen molar-refractivity contribution in [3.8, 4) is 0 Å². The van der Waals surface area contributed by atoms with Gasteiger partial charge in [0.1, 0.15) is 0 Å². The van der Waals surface area contributed by atoms with E-state index in [0.717, 1.165) is 18.7 Å². The number of nitrogens with zero attached hydrogens (tertiary/aromatic N) is 2. The normalized spacial score (nSPS) is 12.9. The lowest BCUT2D eigenvalue weighted by atomic mass is 10.3. The Labute approximate surface area is 102 Å². The molecular formula is C11H21N3O3. The van der Waals surface area contributed by atoms with E-state index in [1.165, 1.54) is 0 Å². The zero-order chi connectivity index (χ0) is 12.5. The van der Waals surface area contributed by atoms with E-state index in [-0.39, 0.29) is 12.7 Å². The maximum absolute atomic E-state index is 8.76. The molecule has 98 valence electrons. The first kappa shape index (κ1) is 14.1. The minimum Gasteiger partial charge on any atom is -0.394 e. The molecule has 6 heteroatoms. The van der Waals surface area contributed by atoms with Crippen LogP contribution in [-0.4, -0.2) is 55.0 Å². The molecule has 1 rings (SSSR count). The zero-order valence-corrected chi connectivity index (χ0v) is 10.4. The van der Waals surface area contributed by atoms with Crippen LogP contribution in [0, 0.1) is 0 Å². The molecule has 1 unspecified atom stereocenters. The van der Waals surface area contributed by atoms with E-state index in [1.807, 2.05) is 6.20 Å². The van der Waals surface area contributed by atoms with Crippen molar-refractivity contribution >= 4 is 0 Å². The van der Waals surface area contributed by atoms with Gasteiger partial charge in [0.05, 0.1) is 32.1 Å². The van der Waals surface area contributed by atoms with Crippen LogP contribution in [-0.2, 0) is 22.6 Å². The molecule has 0 saturated heterocycles. The van der Waals surface area contributed by atoms with E-state index in [1.54, 1.807) is 25.1 Å². The third-order valence-electron chi connectivity index (χ3n) is 2.40. The Bertz CT molecular complexity index is 304. The van der Waals surface area contributed by atoms with Crippen molar-refractivity contribution < 1.29 is 14.6 Å². The summed E-state index contributed by atoms with van der Waals surface area (Å²) >= 11 is 0. The van der Waals surface area contributed by atoms with E-state index in [9.17, 15) is 0 Å². The predicted octanol–water partition coefficient (Wildman–Crippen LogP) is -0.374. The van der Waals surface area contributed by atoms with Crippen LogP contribution in [0.2, 0.25) is 0 Å². The van der Waals surface area contributed by atoms with Gasteiger partial charge in [0.15, 0.2) is 0 Å². The predicted molar refractivity (Wildman–Crippen MR) is 63.7 cm³/mol. The van der Waals surface area contributed by atoms with Crippen LogP contribution in [0.5, 0.6) is 0 Å². The van der Waals surface area contributed by atoms with Crippen molar-refractivity contribution in [3.05, 3.63) is 18.0 Å². The number of nitrogens with one attached hydrogen (secondary N) is 1. The molecule has 2 N–H and O–H groups in total. The Kier molecular flexibility index (Phi) is 6.80. The molecular weight excluding hydrogens is 222 g/mol. The number of methoxy groups -OCH3 is 2. The molecule has 1 atom stereocenters. The second-order valence-electron chi connectivity index (χ2n) is 3.78. The summed E-state index contributed by atoms with van der Waals surface area (Å²) < 4.78 is 12.0. The first-order valence-electron chi connectivity index (χ1n) is 5.64. The number of ether oxygens (including phenoxy) is 2. The second-order valence-corrected chi connectivity index (χ2v) is 3.78. The third kappa shape index (κ3) is 5.27. The fourth-order valence-corrected chi connectivity index (χ4v) is 1.50. The number of hydrogen-bond acceptors (Lipinski definition) is 5. The average Bonchev–Trinajstić information content (AvgIpc) is 2.76. The Morgan fingerprint density at radius 1 is 1.53 bits per heavy atom. The molecule has 0 fully saturated rings. The van der Waals surface area contributed by atoms with Gasteiger partial charge < -0.3 is 19.9 Å². The van der Waals surface area contributed by atoms with Crippen LogP contribution in [0.25, 0.3) is 0 Å². The van der Waals surface area contributed by atoms with Gasteiger partial charge in [-0.05, 0) is 0 Å². The van der Waals surface area contributed by atoms with Crippen LogP contribution in [0.15, 0.2) is 12.4 Å². The van der Waals surface area contributed by atoms with Crippen molar-refractivity contribution in [3.63, 3.8) is 0 Å². The summed E-state index contributed by atoms with van der Waals surface area (Å²) in [5, 5.41) is 16.2. The minimum absolute atomic E-state index is 0.0625. The maximum Gasteiger partial charge on any atom is 0.0928 e. The van der Waals surface area contributed by atoms with Crippen molar-refractivity contribution in [2.24, 2.45) is 0 Å². The van der Waals surface area contributed by atoms with Crippen molar-refractivity contribution in [1.82, 2.24) is 15.1 Å². The van der Waals surface area contributed by atoms with Crippen LogP contribution < -0.4 is 5.32 Å². The molecule has 0 saturated carbocycles. The van der Waals surface area contributed by atoms with Crippen molar-refractivity contribution in [1.29, 1.82) is 0 Å². The summed E-state index contributed by atoms with van der Waals surface area (Å²) in [7, 11) is 3.33. The van der Waals surface area contributed by atoms with Crippen molar-refractivity contribution in [2.45, 2.75) is 19.2 Å². The van der Waals surface area contributed by atoms with Crippen LogP contribution in [0.4, 0.5) is 0 Å². The van der Waals surface area contributed by atoms with E-state index in [2.05, 4.69) is 10.4 Å². The molecule has 0 radical (unpaired) electrons. The first-order valence-corrected chi connectivity index (χ1v) is 5.64. The second kappa shape index (κ2) is 8.19. The molecule has 6 nitrogen and oxygen atoms in total. The van der Waals surface area contributed by atoms with Gasteiger partial charge in [0.25, 0.3) is 0 Å². The molecule has 0 bridgehead atoms. The van der Waals surface area contributed by atoms with Gasteiger partial charge in [0, 0.05) is 39.1 Å². The summed E-state index contributed by atoms with van der Waals surface area (Å²) in [6.07, 6.45) is 3.77. The standard InChI is InChI=1S/C11H21N3O3/c1-16-9-11(17-2)7-12-5-10-6-13-14(8-10)3-4-15/h6,8,11-12,15H,3-5,7,9H2,1-2H3. The van der Waals surface area contributed by atoms with Gasteiger partial charge in [-0.25, -0.2) is 0 Å². The smallest absolute Gasteiger partial charge is 0.0928 e. The van der Waals surface area contributed by atoms with Crippen LogP contribution in [0.3, 0.4) is 0 Å². The molecule has 0 aliphatic rings. The number of aliphatic hydroxyl groups excluding tert-OH is 1. The van der Waals surface area contributed by atoms with E-state index in [0.29, 0.717) is 13.2 Å². The van der Waals surface area contributed by atoms with Gasteiger partial charge in [-0.1, -0.05) is 0 Å². The zero-order valence-electron chi connectivity index (χ0n) is 10.4. The highest BCUT2D eigenvalue weighted by Crippen LogP contribution is 1.97. The Hall–Kier alpha value is -0.950. The summed E-state index contributed by atoms with van der Waals surface area (Å²) in [4.78, 5) is 0. The first-order chi connectivity index (χ1) is 8.30. The van der Waals surface area contributed by atoms with Gasteiger partial charge in [-0.3, -0.25) is 4.68 Å². The lowest BCUT2D eigenvalue weighted by molar-refractivity contribution is 0.0288. The molecule has 0 spiro atoms. The van der Waals surface area contributed by atoms with Crippen LogP contribution in [0.1, 0.15) is 5.56 Å². The number of aliphatic hydroxyl groups is 1. The Morgan fingerprint density at radius 2 is 2.35 bits per heavy atom. The van der Waals surface area contributed by atoms with Gasteiger partial charge in [-0.15, -0.1) is 0 Å². The molecule has 1 aromatic heterocycles. The maximum atomic E-state index is 8.76. The summed E-state index contributed by atoms with van der Waals surface area (Å²) in [5.74, 6) is 0. The SMILES string of the molecule is COCC(CNCc1cnn(CCO)c1)OC. The molecule has 0 amide bonds. The van der Waals surface area contributed by atoms with Gasteiger partial charge in [0.2, 0.25) is 0 Å². The highest BCUT2D eigenvalue weighted by molar-refractivity contribution is 5.03.